The van der Waals surface area contributed by atoms with Crippen LogP contribution in [0.1, 0.15) is 36.6 Å². The Hall–Kier alpha value is -3.55. The summed E-state index contributed by atoms with van der Waals surface area (Å²) in [5.41, 5.74) is 5.55. The van der Waals surface area contributed by atoms with Crippen LogP contribution in [0.2, 0.25) is 0 Å². The summed E-state index contributed by atoms with van der Waals surface area (Å²) in [6.45, 7) is 2.13. The molecular weight excluding hydrogens is 500 g/mol. The lowest BCUT2D eigenvalue weighted by molar-refractivity contribution is -0.178. The van der Waals surface area contributed by atoms with Crippen LogP contribution in [0, 0.1) is 0 Å². The van der Waals surface area contributed by atoms with Gasteiger partial charge >= 0.3 is 5.97 Å². The zero-order valence-electron chi connectivity index (χ0n) is 20.5. The van der Waals surface area contributed by atoms with Crippen LogP contribution in [-0.4, -0.2) is 83.0 Å². The first-order valence-electron chi connectivity index (χ1n) is 11.8. The Kier molecular flexibility index (Phi) is 8.05. The van der Waals surface area contributed by atoms with Crippen molar-refractivity contribution in [2.24, 2.45) is 10.1 Å². The first-order chi connectivity index (χ1) is 17.8. The van der Waals surface area contributed by atoms with Crippen molar-refractivity contribution >= 4 is 40.3 Å². The smallest absolute Gasteiger partial charge is 0.354 e. The van der Waals surface area contributed by atoms with E-state index >= 15 is 0 Å². The van der Waals surface area contributed by atoms with E-state index in [0.717, 1.165) is 35.4 Å². The molecule has 1 aromatic heterocycles. The number of aldehydes is 1. The van der Waals surface area contributed by atoms with Crippen molar-refractivity contribution in [3.63, 3.8) is 0 Å². The lowest BCUT2D eigenvalue weighted by Crippen LogP contribution is -2.52. The second-order valence-corrected chi connectivity index (χ2v) is 9.90. The van der Waals surface area contributed by atoms with Crippen LogP contribution in [-0.2, 0) is 20.8 Å². The number of amidine groups is 1. The molecule has 0 radical (unpaired) electrons. The van der Waals surface area contributed by atoms with Crippen LogP contribution in [0.25, 0.3) is 0 Å². The van der Waals surface area contributed by atoms with Gasteiger partial charge in [0.2, 0.25) is 0 Å². The minimum atomic E-state index is -1.86. The fourth-order valence-corrected chi connectivity index (χ4v) is 4.84. The lowest BCUT2D eigenvalue weighted by Gasteiger charge is -2.35. The quantitative estimate of drug-likeness (QED) is 0.157. The highest BCUT2D eigenvalue weighted by Crippen LogP contribution is 2.35. The van der Waals surface area contributed by atoms with E-state index in [0.29, 0.717) is 30.7 Å². The summed E-state index contributed by atoms with van der Waals surface area (Å²) >= 11 is 1.13. The van der Waals surface area contributed by atoms with Crippen LogP contribution in [0.4, 0.5) is 5.13 Å². The lowest BCUT2D eigenvalue weighted by atomic mass is 9.90. The normalized spacial score (nSPS) is 22.7. The molecule has 2 aliphatic heterocycles. The van der Waals surface area contributed by atoms with Crippen molar-refractivity contribution in [2.75, 3.05) is 25.9 Å². The zero-order chi connectivity index (χ0) is 26.6. The highest BCUT2D eigenvalue weighted by molar-refractivity contribution is 7.13. The largest absolute Gasteiger partial charge is 0.485 e. The maximum absolute atomic E-state index is 12.2. The van der Waals surface area contributed by atoms with Gasteiger partial charge in [-0.15, -0.1) is 11.3 Å². The van der Waals surface area contributed by atoms with E-state index in [9.17, 15) is 19.8 Å². The SMILES string of the molecule is CNCCC1N=C(c2ccc3c(c2)CCC(C(C)(O/N=C(\C=O)c2csc(N)n2)C(=O)O)O3)NC1CO. The molecule has 0 amide bonds. The number of aryl methyl sites for hydroxylation is 1. The summed E-state index contributed by atoms with van der Waals surface area (Å²) in [6, 6.07) is 5.40. The maximum Gasteiger partial charge on any atom is 0.354 e. The van der Waals surface area contributed by atoms with Crippen molar-refractivity contribution < 1.29 is 29.4 Å². The minimum absolute atomic E-state index is 0.0188. The zero-order valence-corrected chi connectivity index (χ0v) is 21.3. The number of benzene rings is 1. The number of aliphatic carboxylic acids is 1. The number of aliphatic hydroxyl groups excluding tert-OH is 1. The van der Waals surface area contributed by atoms with Crippen LogP contribution in [0.15, 0.2) is 33.7 Å². The van der Waals surface area contributed by atoms with Crippen molar-refractivity contribution in [1.29, 1.82) is 0 Å². The van der Waals surface area contributed by atoms with Gasteiger partial charge in [0.05, 0.1) is 18.7 Å². The van der Waals surface area contributed by atoms with E-state index in [-0.39, 0.29) is 35.2 Å². The van der Waals surface area contributed by atoms with Gasteiger partial charge in [-0.25, -0.2) is 9.78 Å². The molecule has 2 aliphatic rings. The van der Waals surface area contributed by atoms with Crippen molar-refractivity contribution in [3.8, 4) is 5.75 Å². The summed E-state index contributed by atoms with van der Waals surface area (Å²) in [5, 5.41) is 31.7. The minimum Gasteiger partial charge on any atom is -0.485 e. The molecule has 0 fully saturated rings. The number of carboxylic acid groups (broad SMARTS) is 1. The summed E-state index contributed by atoms with van der Waals surface area (Å²) in [5.74, 6) is -0.0364. The van der Waals surface area contributed by atoms with E-state index in [1.54, 1.807) is 6.07 Å². The molecule has 4 unspecified atom stereocenters. The number of carbonyl (C=O) groups is 2. The van der Waals surface area contributed by atoms with Gasteiger partial charge in [-0.2, -0.15) is 0 Å². The third-order valence-corrected chi connectivity index (χ3v) is 7.19. The fourth-order valence-electron chi connectivity index (χ4n) is 4.29. The van der Waals surface area contributed by atoms with Gasteiger partial charge in [-0.05, 0) is 63.5 Å². The second-order valence-electron chi connectivity index (χ2n) is 9.01. The van der Waals surface area contributed by atoms with Crippen molar-refractivity contribution in [1.82, 2.24) is 15.6 Å². The van der Waals surface area contributed by atoms with Crippen LogP contribution in [0.5, 0.6) is 5.75 Å². The number of aromatic nitrogens is 1. The molecule has 12 nitrogen and oxygen atoms in total. The van der Waals surface area contributed by atoms with Gasteiger partial charge in [-0.3, -0.25) is 9.79 Å². The predicted octanol–water partition coefficient (Wildman–Crippen LogP) is 0.571. The molecule has 13 heteroatoms. The van der Waals surface area contributed by atoms with E-state index in [1.165, 1.54) is 12.3 Å². The van der Waals surface area contributed by atoms with Crippen molar-refractivity contribution in [2.45, 2.75) is 50.0 Å². The number of hydrogen-bond acceptors (Lipinski definition) is 12. The van der Waals surface area contributed by atoms with Gasteiger partial charge in [0.15, 0.2) is 23.2 Å². The number of hydrogen-bond donors (Lipinski definition) is 5. The Balaban J connectivity index is 1.51. The van der Waals surface area contributed by atoms with E-state index in [1.807, 2.05) is 19.2 Å². The highest BCUT2D eigenvalue weighted by atomic mass is 32.1. The van der Waals surface area contributed by atoms with Gasteiger partial charge < -0.3 is 36.2 Å². The Bertz CT molecular complexity index is 1220. The van der Waals surface area contributed by atoms with Crippen LogP contribution >= 0.6 is 11.3 Å². The molecule has 0 saturated heterocycles. The summed E-state index contributed by atoms with van der Waals surface area (Å²) in [6.07, 6.45) is 1.24. The first kappa shape index (κ1) is 26.5. The predicted molar refractivity (Wildman–Crippen MR) is 138 cm³/mol. The Morgan fingerprint density at radius 2 is 2.30 bits per heavy atom. The second kappa shape index (κ2) is 11.2. The Morgan fingerprint density at radius 3 is 2.95 bits per heavy atom. The highest BCUT2D eigenvalue weighted by Gasteiger charge is 2.48. The number of oxime groups is 1. The van der Waals surface area contributed by atoms with Gasteiger partial charge in [0.1, 0.15) is 17.3 Å². The molecule has 2 aromatic rings. The van der Waals surface area contributed by atoms with Crippen molar-refractivity contribution in [3.05, 3.63) is 40.4 Å². The van der Waals surface area contributed by atoms with E-state index in [2.05, 4.69) is 20.8 Å². The third-order valence-electron chi connectivity index (χ3n) is 6.52. The van der Waals surface area contributed by atoms with Crippen LogP contribution < -0.4 is 21.1 Å². The number of aliphatic imine (C=N–C) groups is 1. The number of nitrogen functional groups attached to an aromatic ring is 1. The molecule has 6 N–H and O–H groups in total. The number of nitrogens with one attached hydrogen (secondary N) is 2. The van der Waals surface area contributed by atoms with E-state index in [4.69, 9.17) is 20.3 Å². The van der Waals surface area contributed by atoms with Gasteiger partial charge in [0.25, 0.3) is 5.60 Å². The molecule has 0 saturated carbocycles. The molecule has 0 aliphatic carbocycles. The van der Waals surface area contributed by atoms with Gasteiger partial charge in [-0.1, -0.05) is 5.16 Å². The number of ether oxygens (including phenoxy) is 1. The number of nitrogens with zero attached hydrogens (tertiary/aromatic N) is 3. The molecule has 1 aromatic carbocycles. The summed E-state index contributed by atoms with van der Waals surface area (Å²) < 4.78 is 6.06. The number of anilines is 1. The summed E-state index contributed by atoms with van der Waals surface area (Å²) in [7, 11) is 1.88. The number of rotatable bonds is 11. The molecule has 3 heterocycles. The van der Waals surface area contributed by atoms with Crippen LogP contribution in [0.3, 0.4) is 0 Å². The number of nitrogens with two attached hydrogens (primary N) is 1. The van der Waals surface area contributed by atoms with Gasteiger partial charge in [0, 0.05) is 10.9 Å². The Morgan fingerprint density at radius 1 is 1.49 bits per heavy atom. The summed E-state index contributed by atoms with van der Waals surface area (Å²) in [4.78, 5) is 37.9. The standard InChI is InChI=1S/C24H30N6O6S/c1-24(22(33)34,36-30-17(11-32)18-12-37-23(25)29-18)20-6-4-13-9-14(3-5-19(13)35-20)21-27-15(7-8-26-2)16(10-31)28-21/h3,5,9,11-12,15-16,20,26,31H,4,6-8,10H2,1-2H3,(H2,25,29)(H,27,28)(H,33,34)/b30-17+. The Labute approximate surface area is 217 Å². The van der Waals surface area contributed by atoms with E-state index < -0.39 is 17.7 Å². The number of thiazole rings is 1. The first-order valence-corrected chi connectivity index (χ1v) is 12.7. The number of carbonyl (C=O) groups excluding carboxylic acids is 1. The molecule has 4 atom stereocenters. The molecule has 4 rings (SSSR count). The number of aliphatic hydroxyl groups is 1. The molecule has 0 spiro atoms. The third kappa shape index (κ3) is 5.58. The molecular formula is C24H30N6O6S. The average Bonchev–Trinajstić information content (AvgIpc) is 3.52. The molecule has 198 valence electrons. The number of carboxylic acids is 1. The average molecular weight is 531 g/mol. The monoisotopic (exact) mass is 530 g/mol. The number of fused-ring (bicyclic) bond motifs is 1. The maximum atomic E-state index is 12.2. The fraction of sp³-hybridized carbons (Fsp3) is 0.458. The topological polar surface area (TPSA) is 181 Å². The molecule has 37 heavy (non-hydrogen) atoms. The molecule has 0 bridgehead atoms.